The smallest absolute Gasteiger partial charge is 0.133 e. The Labute approximate surface area is 108 Å². The van der Waals surface area contributed by atoms with Gasteiger partial charge in [0.15, 0.2) is 0 Å². The first-order valence-electron chi connectivity index (χ1n) is 7.15. The summed E-state index contributed by atoms with van der Waals surface area (Å²) in [5.74, 6) is 3.04. The fourth-order valence-electron chi connectivity index (χ4n) is 3.18. The van der Waals surface area contributed by atoms with Crippen molar-refractivity contribution in [1.29, 1.82) is 0 Å². The Kier molecular flexibility index (Phi) is 3.35. The number of nitrogens with two attached hydrogens (primary N) is 1. The van der Waals surface area contributed by atoms with E-state index < -0.39 is 0 Å². The molecule has 2 aliphatic heterocycles. The van der Waals surface area contributed by atoms with Gasteiger partial charge in [-0.1, -0.05) is 6.92 Å². The van der Waals surface area contributed by atoms with Crippen LogP contribution in [0.5, 0.6) is 0 Å². The molecule has 2 atom stereocenters. The summed E-state index contributed by atoms with van der Waals surface area (Å²) in [6.45, 7) is 6.76. The molecule has 1 aromatic heterocycles. The van der Waals surface area contributed by atoms with Crippen molar-refractivity contribution in [2.45, 2.75) is 45.2 Å². The van der Waals surface area contributed by atoms with Gasteiger partial charge >= 0.3 is 0 Å². The molecule has 0 aliphatic carbocycles. The number of aryl methyl sites for hydroxylation is 1. The van der Waals surface area contributed by atoms with Crippen molar-refractivity contribution in [3.05, 3.63) is 11.6 Å². The minimum atomic E-state index is 0.281. The first-order chi connectivity index (χ1) is 8.76. The molecule has 0 radical (unpaired) electrons. The molecule has 1 aromatic rings. The number of rotatable bonds is 3. The van der Waals surface area contributed by atoms with Crippen LogP contribution in [0.3, 0.4) is 0 Å². The third-order valence-electron chi connectivity index (χ3n) is 4.35. The topological polar surface area (TPSA) is 60.0 Å². The largest absolute Gasteiger partial charge is 0.326 e. The van der Waals surface area contributed by atoms with Crippen molar-refractivity contribution in [3.63, 3.8) is 0 Å². The van der Waals surface area contributed by atoms with E-state index in [1.165, 1.54) is 26.1 Å². The van der Waals surface area contributed by atoms with Gasteiger partial charge in [0.1, 0.15) is 11.6 Å². The second-order valence-corrected chi connectivity index (χ2v) is 5.69. The molecule has 5 heteroatoms. The fraction of sp³-hybridized carbons (Fsp3) is 0.846. The molecule has 2 aliphatic rings. The van der Waals surface area contributed by atoms with Crippen LogP contribution in [-0.4, -0.2) is 45.3 Å². The van der Waals surface area contributed by atoms with E-state index in [2.05, 4.69) is 26.6 Å². The summed E-state index contributed by atoms with van der Waals surface area (Å²) in [6.07, 6.45) is 4.39. The minimum absolute atomic E-state index is 0.281. The lowest BCUT2D eigenvalue weighted by Gasteiger charge is -2.21. The highest BCUT2D eigenvalue weighted by molar-refractivity contribution is 5.02. The summed E-state index contributed by atoms with van der Waals surface area (Å²) < 4.78 is 2.27. The van der Waals surface area contributed by atoms with Gasteiger partial charge in [0.05, 0.1) is 0 Å². The Morgan fingerprint density at radius 1 is 1.28 bits per heavy atom. The SMILES string of the molecule is CCN1CCC(Cc2nnc3n2CC(N)CC3)C1. The van der Waals surface area contributed by atoms with Crippen molar-refractivity contribution in [2.75, 3.05) is 19.6 Å². The lowest BCUT2D eigenvalue weighted by molar-refractivity contribution is 0.339. The van der Waals surface area contributed by atoms with Gasteiger partial charge in [-0.15, -0.1) is 10.2 Å². The zero-order valence-corrected chi connectivity index (χ0v) is 11.2. The van der Waals surface area contributed by atoms with E-state index >= 15 is 0 Å². The highest BCUT2D eigenvalue weighted by atomic mass is 15.3. The Balaban J connectivity index is 1.68. The molecule has 3 rings (SSSR count). The molecular weight excluding hydrogens is 226 g/mol. The molecule has 1 fully saturated rings. The molecule has 100 valence electrons. The average Bonchev–Trinajstić information content (AvgIpc) is 2.97. The number of fused-ring (bicyclic) bond motifs is 1. The van der Waals surface area contributed by atoms with E-state index in [0.29, 0.717) is 0 Å². The predicted octanol–water partition coefficient (Wildman–Crippen LogP) is 0.436. The standard InChI is InChI=1S/C13H23N5/c1-2-17-6-5-10(8-17)7-13-16-15-12-4-3-11(14)9-18(12)13/h10-11H,2-9,14H2,1H3. The van der Waals surface area contributed by atoms with Crippen LogP contribution in [0.2, 0.25) is 0 Å². The van der Waals surface area contributed by atoms with Crippen LogP contribution in [-0.2, 0) is 19.4 Å². The molecule has 0 spiro atoms. The molecule has 2 unspecified atom stereocenters. The number of likely N-dealkylation sites (tertiary alicyclic amines) is 1. The second kappa shape index (κ2) is 4.97. The van der Waals surface area contributed by atoms with Crippen molar-refractivity contribution < 1.29 is 0 Å². The molecule has 0 amide bonds. The van der Waals surface area contributed by atoms with E-state index in [1.807, 2.05) is 0 Å². The maximum absolute atomic E-state index is 6.04. The predicted molar refractivity (Wildman–Crippen MR) is 70.2 cm³/mol. The maximum Gasteiger partial charge on any atom is 0.133 e. The fourth-order valence-corrected chi connectivity index (χ4v) is 3.18. The summed E-state index contributed by atoms with van der Waals surface area (Å²) in [6, 6.07) is 0.281. The zero-order valence-electron chi connectivity index (χ0n) is 11.2. The van der Waals surface area contributed by atoms with Gasteiger partial charge in [-0.05, 0) is 31.8 Å². The van der Waals surface area contributed by atoms with Crippen molar-refractivity contribution in [3.8, 4) is 0 Å². The molecule has 0 aromatic carbocycles. The summed E-state index contributed by atoms with van der Waals surface area (Å²) in [5.41, 5.74) is 6.04. The van der Waals surface area contributed by atoms with Crippen LogP contribution in [0, 0.1) is 5.92 Å². The van der Waals surface area contributed by atoms with E-state index in [-0.39, 0.29) is 6.04 Å². The zero-order chi connectivity index (χ0) is 12.5. The summed E-state index contributed by atoms with van der Waals surface area (Å²) in [4.78, 5) is 2.52. The average molecular weight is 249 g/mol. The summed E-state index contributed by atoms with van der Waals surface area (Å²) in [7, 11) is 0. The molecule has 1 saturated heterocycles. The molecule has 2 N–H and O–H groups in total. The lowest BCUT2D eigenvalue weighted by atomic mass is 10.0. The van der Waals surface area contributed by atoms with Gasteiger partial charge in [-0.2, -0.15) is 0 Å². The van der Waals surface area contributed by atoms with Crippen molar-refractivity contribution in [1.82, 2.24) is 19.7 Å². The van der Waals surface area contributed by atoms with E-state index in [9.17, 15) is 0 Å². The van der Waals surface area contributed by atoms with E-state index in [0.717, 1.165) is 43.4 Å². The van der Waals surface area contributed by atoms with Crippen LogP contribution >= 0.6 is 0 Å². The summed E-state index contributed by atoms with van der Waals surface area (Å²) in [5, 5.41) is 8.70. The second-order valence-electron chi connectivity index (χ2n) is 5.69. The lowest BCUT2D eigenvalue weighted by Crippen LogP contribution is -2.33. The van der Waals surface area contributed by atoms with E-state index in [4.69, 9.17) is 5.73 Å². The normalized spacial score (nSPS) is 28.6. The third-order valence-corrected chi connectivity index (χ3v) is 4.35. The molecule has 0 bridgehead atoms. The van der Waals surface area contributed by atoms with Crippen molar-refractivity contribution >= 4 is 0 Å². The Hall–Kier alpha value is -0.940. The molecular formula is C13H23N5. The van der Waals surface area contributed by atoms with Gasteiger partial charge in [-0.3, -0.25) is 0 Å². The monoisotopic (exact) mass is 249 g/mol. The highest BCUT2D eigenvalue weighted by Crippen LogP contribution is 2.22. The third kappa shape index (κ3) is 2.29. The van der Waals surface area contributed by atoms with Crippen LogP contribution in [0.15, 0.2) is 0 Å². The van der Waals surface area contributed by atoms with Crippen LogP contribution in [0.1, 0.15) is 31.4 Å². The Bertz CT molecular complexity index is 414. The number of hydrogen-bond acceptors (Lipinski definition) is 4. The Morgan fingerprint density at radius 2 is 2.17 bits per heavy atom. The molecule has 0 saturated carbocycles. The van der Waals surface area contributed by atoms with Gasteiger partial charge < -0.3 is 15.2 Å². The van der Waals surface area contributed by atoms with Gasteiger partial charge in [0.2, 0.25) is 0 Å². The minimum Gasteiger partial charge on any atom is -0.326 e. The number of aromatic nitrogens is 3. The summed E-state index contributed by atoms with van der Waals surface area (Å²) >= 11 is 0. The van der Waals surface area contributed by atoms with Gasteiger partial charge in [0, 0.05) is 32.0 Å². The van der Waals surface area contributed by atoms with Crippen LogP contribution in [0.4, 0.5) is 0 Å². The Morgan fingerprint density at radius 3 is 2.94 bits per heavy atom. The van der Waals surface area contributed by atoms with Crippen molar-refractivity contribution in [2.24, 2.45) is 11.7 Å². The van der Waals surface area contributed by atoms with Gasteiger partial charge in [0.25, 0.3) is 0 Å². The first-order valence-corrected chi connectivity index (χ1v) is 7.15. The maximum atomic E-state index is 6.04. The van der Waals surface area contributed by atoms with Gasteiger partial charge in [-0.25, -0.2) is 0 Å². The van der Waals surface area contributed by atoms with E-state index in [1.54, 1.807) is 0 Å². The van der Waals surface area contributed by atoms with Crippen LogP contribution < -0.4 is 5.73 Å². The number of nitrogens with zero attached hydrogens (tertiary/aromatic N) is 4. The number of hydrogen-bond donors (Lipinski definition) is 1. The van der Waals surface area contributed by atoms with Crippen LogP contribution in [0.25, 0.3) is 0 Å². The highest BCUT2D eigenvalue weighted by Gasteiger charge is 2.26. The quantitative estimate of drug-likeness (QED) is 0.844. The molecule has 5 nitrogen and oxygen atoms in total. The molecule has 18 heavy (non-hydrogen) atoms. The first kappa shape index (κ1) is 12.1. The molecule has 3 heterocycles.